The summed E-state index contributed by atoms with van der Waals surface area (Å²) in [6, 6.07) is 0. The molecule has 0 fully saturated rings. The van der Waals surface area contributed by atoms with Crippen molar-refractivity contribution in [3.63, 3.8) is 0 Å². The molecule has 0 aromatic carbocycles. The molecular formula is C55H118B6N8O7. The number of nitrogens with two attached hydrogens (primary N) is 1. The van der Waals surface area contributed by atoms with E-state index in [4.69, 9.17) is 15.4 Å². The third-order valence-corrected chi connectivity index (χ3v) is 15.3. The van der Waals surface area contributed by atoms with Gasteiger partial charge >= 0.3 is 314 Å². The average Bonchev–Trinajstić information content (AvgIpc) is 3.39. The zero-order chi connectivity index (χ0) is 56.1. The van der Waals surface area contributed by atoms with Crippen LogP contribution in [0.2, 0.25) is 27.3 Å². The Morgan fingerprint density at radius 2 is 0.921 bits per heavy atom. The topological polar surface area (TPSA) is 200 Å². The Bertz CT molecular complexity index is 1350. The van der Waals surface area contributed by atoms with Crippen molar-refractivity contribution >= 4 is 54.1 Å². The minimum atomic E-state index is -0.561. The molecule has 0 spiro atoms. The predicted molar refractivity (Wildman–Crippen MR) is 329 cm³/mol. The van der Waals surface area contributed by atoms with Gasteiger partial charge in [0.25, 0.3) is 0 Å². The number of rotatable bonds is 59. The molecule has 0 aliphatic heterocycles. The molecule has 0 radical (unpaired) electrons. The standard InChI is InChI=1S/C55H118B6N8O7/c1-58(72)66(5)44-37-48-68(60(3)74)46-34-28-36-50-76-57-65-52-53(51-64-54(56-71)40-31-35-47-69(61(4)75)49-38-45-67(6)59(2)73)39-29-25-27-33-43-63-55(70)41-30-24-22-20-18-16-14-12-10-8-7-9-11-13-15-17-19-21-23-26-32-42-62/h53,72-75H,7-52,62H2,1-6H3,(H,63,70). The molecule has 76 heavy (non-hydrogen) atoms. The molecule has 0 aromatic rings. The van der Waals surface area contributed by atoms with E-state index in [1.165, 1.54) is 122 Å². The Morgan fingerprint density at radius 1 is 0.513 bits per heavy atom. The number of carbonyl (C=O) groups excluding carboxylic acids is 1. The summed E-state index contributed by atoms with van der Waals surface area (Å²) in [6.45, 7) is 14.9. The Labute approximate surface area is 470 Å². The van der Waals surface area contributed by atoms with E-state index in [2.05, 4.69) is 15.0 Å². The van der Waals surface area contributed by atoms with Gasteiger partial charge in [0.1, 0.15) is 0 Å². The molecule has 0 saturated carbocycles. The Balaban J connectivity index is 4.53. The number of nitrogens with zero attached hydrogens (tertiary/aromatic N) is 6. The van der Waals surface area contributed by atoms with Crippen LogP contribution in [0, 0.1) is 5.92 Å². The van der Waals surface area contributed by atoms with Gasteiger partial charge in [-0.3, -0.25) is 0 Å². The second kappa shape index (κ2) is 55.5. The number of unbranched alkanes of at least 4 members (excludes halogenated alkanes) is 26. The summed E-state index contributed by atoms with van der Waals surface area (Å²) in [5.41, 5.74) is 6.15. The molecule has 0 heterocycles. The van der Waals surface area contributed by atoms with E-state index < -0.39 is 28.2 Å². The Morgan fingerprint density at radius 3 is 1.38 bits per heavy atom. The van der Waals surface area contributed by atoms with Gasteiger partial charge in [-0.05, 0) is 26.2 Å². The molecular weight excluding hydrogens is 950 g/mol. The van der Waals surface area contributed by atoms with Crippen molar-refractivity contribution in [3.05, 3.63) is 0 Å². The van der Waals surface area contributed by atoms with E-state index in [1.807, 2.05) is 28.5 Å². The van der Waals surface area contributed by atoms with Gasteiger partial charge in [0, 0.05) is 0 Å². The van der Waals surface area contributed by atoms with E-state index in [9.17, 15) is 29.6 Å². The predicted octanol–water partition coefficient (Wildman–Crippen LogP) is 9.51. The first-order valence-electron chi connectivity index (χ1n) is 31.5. The maximum absolute atomic E-state index is 12.5. The maximum atomic E-state index is 12.5. The summed E-state index contributed by atoms with van der Waals surface area (Å²) in [4.78, 5) is 29.8. The average molecular weight is 1070 g/mol. The van der Waals surface area contributed by atoms with Gasteiger partial charge in [0.15, 0.2) is 0 Å². The summed E-state index contributed by atoms with van der Waals surface area (Å²) < 4.78 is 17.9. The van der Waals surface area contributed by atoms with Crippen LogP contribution in [-0.4, -0.2) is 180 Å². The van der Waals surface area contributed by atoms with Crippen LogP contribution in [0.25, 0.3) is 0 Å². The van der Waals surface area contributed by atoms with Crippen LogP contribution >= 0.6 is 0 Å². The first kappa shape index (κ1) is 74.6. The molecule has 0 aliphatic rings. The number of carbonyl (C=O) groups is 1. The second-order valence-electron chi connectivity index (χ2n) is 22.5. The Kier molecular flexibility index (Phi) is 54.4. The zero-order valence-corrected chi connectivity index (χ0v) is 50.3. The quantitative estimate of drug-likeness (QED) is 0.0192. The van der Waals surface area contributed by atoms with Gasteiger partial charge in [0.2, 0.25) is 0 Å². The van der Waals surface area contributed by atoms with Crippen LogP contribution in [0.1, 0.15) is 225 Å². The van der Waals surface area contributed by atoms with Crippen LogP contribution in [0.15, 0.2) is 9.89 Å². The van der Waals surface area contributed by atoms with Crippen molar-refractivity contribution in [3.8, 4) is 0 Å². The number of hydrogen-bond acceptors (Lipinski definition) is 14. The summed E-state index contributed by atoms with van der Waals surface area (Å²) in [6.07, 6.45) is 40.5. The van der Waals surface area contributed by atoms with Gasteiger partial charge in [-0.1, -0.05) is 122 Å². The molecule has 0 aromatic heterocycles. The molecule has 0 aliphatic carbocycles. The van der Waals surface area contributed by atoms with Crippen molar-refractivity contribution in [2.24, 2.45) is 21.5 Å². The van der Waals surface area contributed by atoms with E-state index in [1.54, 1.807) is 34.6 Å². The molecule has 1 amide bonds. The van der Waals surface area contributed by atoms with Crippen LogP contribution < -0.4 is 11.1 Å². The first-order valence-corrected chi connectivity index (χ1v) is 31.5. The van der Waals surface area contributed by atoms with Gasteiger partial charge in [-0.25, -0.2) is 0 Å². The van der Waals surface area contributed by atoms with Gasteiger partial charge in [-0.2, -0.15) is 0 Å². The number of aliphatic imine (C=N–C) groups is 1. The fourth-order valence-electron chi connectivity index (χ4n) is 9.66. The summed E-state index contributed by atoms with van der Waals surface area (Å²) in [5.74, 6) is 0.363. The third kappa shape index (κ3) is 49.6. The van der Waals surface area contributed by atoms with Crippen molar-refractivity contribution in [1.29, 1.82) is 0 Å². The monoisotopic (exact) mass is 1070 g/mol. The molecule has 7 N–H and O–H groups in total. The Hall–Kier alpha value is -1.43. The van der Waals surface area contributed by atoms with Crippen molar-refractivity contribution in [2.45, 2.75) is 252 Å². The summed E-state index contributed by atoms with van der Waals surface area (Å²) in [7, 11) is 4.19. The van der Waals surface area contributed by atoms with Crippen LogP contribution in [-0.2, 0) is 14.2 Å². The number of amides is 1. The molecule has 1 atom stereocenters. The van der Waals surface area contributed by atoms with Gasteiger partial charge in [-0.15, -0.1) is 0 Å². The van der Waals surface area contributed by atoms with Crippen LogP contribution in [0.3, 0.4) is 0 Å². The summed E-state index contributed by atoms with van der Waals surface area (Å²) in [5, 5.41) is 43.2. The number of nitrogens with one attached hydrogen (secondary N) is 1. The molecule has 438 valence electrons. The minimum absolute atomic E-state index is 0.179. The SMILES string of the molecule is CB(O)N(C)CCCN(CCCCCOB=NCC(CCCCCCNC(=O)CCCCCCCCCCCCCCCCCCCCCCCN)CN=C(B=O)CCCCN(CCCN(C)B(C)O)B(C)O)B(C)O. The van der Waals surface area contributed by atoms with Crippen molar-refractivity contribution in [1.82, 2.24) is 24.6 Å². The molecule has 0 rings (SSSR count). The fourth-order valence-corrected chi connectivity index (χ4v) is 9.66. The third-order valence-electron chi connectivity index (χ3n) is 15.3. The molecule has 1 unspecified atom stereocenters. The molecule has 0 saturated heterocycles. The van der Waals surface area contributed by atoms with Gasteiger partial charge < -0.3 is 10.8 Å². The van der Waals surface area contributed by atoms with Crippen LogP contribution in [0.5, 0.6) is 0 Å². The van der Waals surface area contributed by atoms with Gasteiger partial charge in [0.05, 0.1) is 0 Å². The van der Waals surface area contributed by atoms with Crippen molar-refractivity contribution in [2.75, 3.05) is 86.1 Å². The number of hydrogen-bond donors (Lipinski definition) is 6. The van der Waals surface area contributed by atoms with E-state index in [0.717, 1.165) is 149 Å². The molecule has 0 bridgehead atoms. The zero-order valence-electron chi connectivity index (χ0n) is 50.3. The fraction of sp³-hybridized carbons (Fsp3) is 0.964. The van der Waals surface area contributed by atoms with E-state index in [-0.39, 0.29) is 11.8 Å². The second-order valence-corrected chi connectivity index (χ2v) is 22.5. The summed E-state index contributed by atoms with van der Waals surface area (Å²) >= 11 is 0. The van der Waals surface area contributed by atoms with Crippen LogP contribution in [0.4, 0.5) is 0 Å². The van der Waals surface area contributed by atoms with Crippen molar-refractivity contribution < 1.29 is 34.2 Å². The van der Waals surface area contributed by atoms with E-state index >= 15 is 0 Å². The van der Waals surface area contributed by atoms with E-state index in [0.29, 0.717) is 38.1 Å². The molecule has 21 heteroatoms. The normalized spacial score (nSPS) is 12.3. The molecule has 15 nitrogen and oxygen atoms in total. The first-order chi connectivity index (χ1) is 36.8.